The summed E-state index contributed by atoms with van der Waals surface area (Å²) >= 11 is 1.05. The lowest BCUT2D eigenvalue weighted by Gasteiger charge is -2.00. The smallest absolute Gasteiger partial charge is 0.221 e. The predicted molar refractivity (Wildman–Crippen MR) is 65.1 cm³/mol. The van der Waals surface area contributed by atoms with E-state index in [1.54, 1.807) is 12.1 Å². The fourth-order valence-electron chi connectivity index (χ4n) is 1.25. The van der Waals surface area contributed by atoms with Crippen molar-refractivity contribution in [3.05, 3.63) is 42.2 Å². The van der Waals surface area contributed by atoms with Crippen LogP contribution in [0.15, 0.2) is 36.4 Å². The van der Waals surface area contributed by atoms with Crippen LogP contribution in [0.2, 0.25) is 0 Å². The van der Waals surface area contributed by atoms with Gasteiger partial charge in [-0.25, -0.2) is 4.39 Å². The van der Waals surface area contributed by atoms with E-state index in [1.807, 2.05) is 18.2 Å². The molecule has 0 spiro atoms. The second-order valence-corrected chi connectivity index (χ2v) is 4.35. The van der Waals surface area contributed by atoms with E-state index in [1.165, 1.54) is 13.0 Å². The molecule has 2 rings (SSSR count). The van der Waals surface area contributed by atoms with Gasteiger partial charge in [-0.2, -0.15) is 0 Å². The van der Waals surface area contributed by atoms with E-state index >= 15 is 0 Å². The molecule has 0 bridgehead atoms. The Morgan fingerprint density at radius 3 is 2.71 bits per heavy atom. The van der Waals surface area contributed by atoms with Crippen LogP contribution in [0.25, 0.3) is 0 Å². The maximum atomic E-state index is 13.4. The van der Waals surface area contributed by atoms with E-state index in [-0.39, 0.29) is 10.9 Å². The summed E-state index contributed by atoms with van der Waals surface area (Å²) in [6.45, 7) is 1.33. The molecule has 0 atom stereocenters. The lowest BCUT2D eigenvalue weighted by Crippen LogP contribution is -2.04. The van der Waals surface area contributed by atoms with Crippen LogP contribution in [0.5, 0.6) is 10.8 Å². The van der Waals surface area contributed by atoms with Gasteiger partial charge in [0, 0.05) is 13.0 Å². The molecular weight excluding hydrogens is 241 g/mol. The fraction of sp³-hybridized carbons (Fsp3) is 0.0833. The molecule has 0 aliphatic rings. The van der Waals surface area contributed by atoms with Crippen molar-refractivity contribution in [3.8, 4) is 10.8 Å². The van der Waals surface area contributed by atoms with Gasteiger partial charge in [-0.3, -0.25) is 4.79 Å². The largest absolute Gasteiger partial charge is 0.447 e. The van der Waals surface area contributed by atoms with E-state index in [0.717, 1.165) is 11.3 Å². The molecule has 1 aromatic carbocycles. The van der Waals surface area contributed by atoms with Gasteiger partial charge in [0.1, 0.15) is 10.8 Å². The maximum absolute atomic E-state index is 13.4. The zero-order valence-electron chi connectivity index (χ0n) is 9.07. The van der Waals surface area contributed by atoms with Crippen molar-refractivity contribution < 1.29 is 13.9 Å². The summed E-state index contributed by atoms with van der Waals surface area (Å²) in [7, 11) is 0. The number of ether oxygens (including phenoxy) is 1. The number of carbonyl (C=O) groups is 1. The Bertz CT molecular complexity index is 525. The molecule has 5 heteroatoms. The molecule has 0 unspecified atom stereocenters. The molecule has 17 heavy (non-hydrogen) atoms. The van der Waals surface area contributed by atoms with Gasteiger partial charge in [-0.1, -0.05) is 29.5 Å². The number of halogens is 1. The molecular formula is C12H10FNO2S. The first kappa shape index (κ1) is 11.6. The van der Waals surface area contributed by atoms with E-state index in [4.69, 9.17) is 4.74 Å². The number of amides is 1. The Morgan fingerprint density at radius 2 is 2.06 bits per heavy atom. The highest BCUT2D eigenvalue weighted by Gasteiger charge is 2.11. The molecule has 1 heterocycles. The van der Waals surface area contributed by atoms with Gasteiger partial charge in [0.2, 0.25) is 5.91 Å². The molecule has 1 N–H and O–H groups in total. The van der Waals surface area contributed by atoms with Gasteiger partial charge in [0.25, 0.3) is 0 Å². The Morgan fingerprint density at radius 1 is 1.35 bits per heavy atom. The summed E-state index contributed by atoms with van der Waals surface area (Å²) in [6, 6.07) is 10.3. The summed E-state index contributed by atoms with van der Waals surface area (Å²) in [5.74, 6) is -0.170. The van der Waals surface area contributed by atoms with Gasteiger partial charge in [0.15, 0.2) is 10.9 Å². The second kappa shape index (κ2) is 4.97. The average molecular weight is 251 g/mol. The average Bonchev–Trinajstić information content (AvgIpc) is 2.59. The molecule has 0 aliphatic carbocycles. The second-order valence-electron chi connectivity index (χ2n) is 3.34. The van der Waals surface area contributed by atoms with E-state index < -0.39 is 5.82 Å². The lowest BCUT2D eigenvalue weighted by atomic mass is 10.3. The van der Waals surface area contributed by atoms with Gasteiger partial charge in [0.05, 0.1) is 0 Å². The highest BCUT2D eigenvalue weighted by molar-refractivity contribution is 7.18. The number of para-hydroxylation sites is 1. The number of benzene rings is 1. The number of nitrogens with one attached hydrogen (secondary N) is 1. The third-order valence-electron chi connectivity index (χ3n) is 1.92. The van der Waals surface area contributed by atoms with Crippen molar-refractivity contribution in [2.45, 2.75) is 6.92 Å². The molecule has 1 amide bonds. The van der Waals surface area contributed by atoms with Crippen LogP contribution in [0, 0.1) is 5.82 Å². The Kier molecular flexibility index (Phi) is 3.39. The first-order valence-electron chi connectivity index (χ1n) is 4.95. The van der Waals surface area contributed by atoms with E-state index in [0.29, 0.717) is 10.8 Å². The van der Waals surface area contributed by atoms with E-state index in [2.05, 4.69) is 5.32 Å². The summed E-state index contributed by atoms with van der Waals surface area (Å²) in [5, 5.41) is 2.97. The van der Waals surface area contributed by atoms with Crippen LogP contribution < -0.4 is 10.1 Å². The Hall–Kier alpha value is -1.88. The highest BCUT2D eigenvalue weighted by Crippen LogP contribution is 2.35. The summed E-state index contributed by atoms with van der Waals surface area (Å²) in [4.78, 5) is 10.8. The number of rotatable bonds is 3. The standard InChI is InChI=1S/C12H10FNO2S/c1-8(15)14-12-10(13)7-11(17-12)16-9-5-3-2-4-6-9/h2-7H,1H3,(H,14,15). The number of hydrogen-bond donors (Lipinski definition) is 1. The van der Waals surface area contributed by atoms with Gasteiger partial charge < -0.3 is 10.1 Å². The molecule has 1 aromatic heterocycles. The van der Waals surface area contributed by atoms with Crippen molar-refractivity contribution >= 4 is 22.2 Å². The van der Waals surface area contributed by atoms with Crippen molar-refractivity contribution in [1.82, 2.24) is 0 Å². The minimum absolute atomic E-state index is 0.170. The monoisotopic (exact) mass is 251 g/mol. The highest BCUT2D eigenvalue weighted by atomic mass is 32.1. The van der Waals surface area contributed by atoms with Gasteiger partial charge in [-0.05, 0) is 12.1 Å². The normalized spacial score (nSPS) is 10.0. The predicted octanol–water partition coefficient (Wildman–Crippen LogP) is 3.64. The Labute approximate surface area is 102 Å². The number of hydrogen-bond acceptors (Lipinski definition) is 3. The van der Waals surface area contributed by atoms with Crippen LogP contribution in [0.3, 0.4) is 0 Å². The van der Waals surface area contributed by atoms with E-state index in [9.17, 15) is 9.18 Å². The van der Waals surface area contributed by atoms with Crippen LogP contribution in [-0.2, 0) is 4.79 Å². The van der Waals surface area contributed by atoms with Crippen molar-refractivity contribution in [3.63, 3.8) is 0 Å². The topological polar surface area (TPSA) is 38.3 Å². The molecule has 3 nitrogen and oxygen atoms in total. The molecule has 0 aliphatic heterocycles. The number of anilines is 1. The first-order valence-corrected chi connectivity index (χ1v) is 5.76. The third kappa shape index (κ3) is 3.04. The first-order chi connectivity index (χ1) is 8.15. The van der Waals surface area contributed by atoms with Crippen LogP contribution in [0.4, 0.5) is 9.39 Å². The zero-order chi connectivity index (χ0) is 12.3. The molecule has 0 radical (unpaired) electrons. The van der Waals surface area contributed by atoms with Crippen LogP contribution in [-0.4, -0.2) is 5.91 Å². The van der Waals surface area contributed by atoms with Gasteiger partial charge in [-0.15, -0.1) is 0 Å². The Balaban J connectivity index is 2.15. The quantitative estimate of drug-likeness (QED) is 0.904. The van der Waals surface area contributed by atoms with Crippen LogP contribution >= 0.6 is 11.3 Å². The van der Waals surface area contributed by atoms with Crippen molar-refractivity contribution in [2.24, 2.45) is 0 Å². The number of thiophene rings is 1. The lowest BCUT2D eigenvalue weighted by molar-refractivity contribution is -0.114. The minimum atomic E-state index is -0.490. The van der Waals surface area contributed by atoms with Crippen molar-refractivity contribution in [1.29, 1.82) is 0 Å². The maximum Gasteiger partial charge on any atom is 0.221 e. The zero-order valence-corrected chi connectivity index (χ0v) is 9.88. The van der Waals surface area contributed by atoms with Gasteiger partial charge >= 0.3 is 0 Å². The molecule has 88 valence electrons. The van der Waals surface area contributed by atoms with Crippen molar-refractivity contribution in [2.75, 3.05) is 5.32 Å². The molecule has 0 saturated carbocycles. The molecule has 0 saturated heterocycles. The summed E-state index contributed by atoms with van der Waals surface area (Å²) in [5.41, 5.74) is 0. The third-order valence-corrected chi connectivity index (χ3v) is 2.82. The summed E-state index contributed by atoms with van der Waals surface area (Å²) in [6.07, 6.45) is 0. The molecule has 2 aromatic rings. The summed E-state index contributed by atoms with van der Waals surface area (Å²) < 4.78 is 18.8. The number of carbonyl (C=O) groups excluding carboxylic acids is 1. The fourth-order valence-corrected chi connectivity index (χ4v) is 2.10. The molecule has 0 fully saturated rings. The minimum Gasteiger partial charge on any atom is -0.447 e. The SMILES string of the molecule is CC(=O)Nc1sc(Oc2ccccc2)cc1F. The van der Waals surface area contributed by atoms with Crippen LogP contribution in [0.1, 0.15) is 6.92 Å².